The van der Waals surface area contributed by atoms with Crippen molar-refractivity contribution < 1.29 is 9.34 Å². The lowest BCUT2D eigenvalue weighted by atomic mass is 10.1. The van der Waals surface area contributed by atoms with Crippen LogP contribution in [0, 0.1) is 17.0 Å². The van der Waals surface area contributed by atoms with Crippen molar-refractivity contribution in [3.05, 3.63) is 92.5 Å². The van der Waals surface area contributed by atoms with Crippen molar-refractivity contribution in [3.63, 3.8) is 0 Å². The van der Waals surface area contributed by atoms with Gasteiger partial charge in [0, 0.05) is 28.6 Å². The molecule has 0 N–H and O–H groups in total. The molecular formula is C22H16N2O3S. The number of aryl methyl sites for hydroxylation is 1. The van der Waals surface area contributed by atoms with Crippen LogP contribution in [0.3, 0.4) is 0 Å². The van der Waals surface area contributed by atoms with Gasteiger partial charge in [-0.05, 0) is 31.2 Å². The fraction of sp³-hybridized carbons (Fsp3) is 0.0455. The molecule has 0 spiro atoms. The summed E-state index contributed by atoms with van der Waals surface area (Å²) >= 11 is 1.56. The standard InChI is InChI=1S/C22H16N2O3S/c1-15-5-7-16(8-6-15)20-14-28-22(23-20)12-10-19-9-11-21(27-19)17-3-2-4-18(13-17)24(25)26/h2-14H,1H3. The molecule has 4 rings (SSSR count). The molecule has 0 unspecified atom stereocenters. The molecule has 138 valence electrons. The number of non-ortho nitro benzene ring substituents is 1. The highest BCUT2D eigenvalue weighted by Crippen LogP contribution is 2.27. The van der Waals surface area contributed by atoms with Gasteiger partial charge in [-0.3, -0.25) is 10.1 Å². The molecule has 5 nitrogen and oxygen atoms in total. The lowest BCUT2D eigenvalue weighted by molar-refractivity contribution is -0.384. The lowest BCUT2D eigenvalue weighted by Gasteiger charge is -1.97. The third-order valence-corrected chi connectivity index (χ3v) is 5.04. The van der Waals surface area contributed by atoms with Gasteiger partial charge in [0.25, 0.3) is 5.69 Å². The summed E-state index contributed by atoms with van der Waals surface area (Å²) in [6.07, 6.45) is 3.75. The Morgan fingerprint density at radius 1 is 1.04 bits per heavy atom. The molecule has 4 aromatic rings. The summed E-state index contributed by atoms with van der Waals surface area (Å²) in [4.78, 5) is 15.1. The van der Waals surface area contributed by atoms with Crippen LogP contribution in [0.2, 0.25) is 0 Å². The fourth-order valence-corrected chi connectivity index (χ4v) is 3.46. The summed E-state index contributed by atoms with van der Waals surface area (Å²) in [5.74, 6) is 1.25. The molecule has 28 heavy (non-hydrogen) atoms. The van der Waals surface area contributed by atoms with E-state index in [1.165, 1.54) is 17.7 Å². The molecule has 0 bridgehead atoms. The van der Waals surface area contributed by atoms with Crippen LogP contribution in [0.25, 0.3) is 34.7 Å². The first-order chi connectivity index (χ1) is 13.6. The van der Waals surface area contributed by atoms with E-state index >= 15 is 0 Å². The Morgan fingerprint density at radius 3 is 2.64 bits per heavy atom. The van der Waals surface area contributed by atoms with Crippen LogP contribution in [-0.2, 0) is 0 Å². The van der Waals surface area contributed by atoms with Crippen molar-refractivity contribution >= 4 is 29.2 Å². The first-order valence-corrected chi connectivity index (χ1v) is 9.52. The average Bonchev–Trinajstić information content (AvgIpc) is 3.37. The molecule has 0 atom stereocenters. The third kappa shape index (κ3) is 3.92. The van der Waals surface area contributed by atoms with Gasteiger partial charge < -0.3 is 4.42 Å². The van der Waals surface area contributed by atoms with E-state index in [1.807, 2.05) is 23.6 Å². The Morgan fingerprint density at radius 2 is 1.86 bits per heavy atom. The number of nitrogens with zero attached hydrogens (tertiary/aromatic N) is 2. The van der Waals surface area contributed by atoms with E-state index in [2.05, 4.69) is 36.2 Å². The SMILES string of the molecule is Cc1ccc(-c2csc(C=Cc3ccc(-c4cccc([N+](=O)[O-])c4)o3)n2)cc1. The first-order valence-electron chi connectivity index (χ1n) is 8.64. The number of benzene rings is 2. The van der Waals surface area contributed by atoms with Crippen LogP contribution in [0.5, 0.6) is 0 Å². The monoisotopic (exact) mass is 388 g/mol. The number of rotatable bonds is 5. The lowest BCUT2D eigenvalue weighted by Crippen LogP contribution is -1.87. The van der Waals surface area contributed by atoms with Crippen LogP contribution >= 0.6 is 11.3 Å². The maximum Gasteiger partial charge on any atom is 0.270 e. The van der Waals surface area contributed by atoms with Gasteiger partial charge in [-0.2, -0.15) is 0 Å². The largest absolute Gasteiger partial charge is 0.457 e. The van der Waals surface area contributed by atoms with E-state index in [-0.39, 0.29) is 5.69 Å². The molecule has 2 aromatic heterocycles. The predicted octanol–water partition coefficient (Wildman–Crippen LogP) is 6.46. The minimum atomic E-state index is -0.415. The van der Waals surface area contributed by atoms with Crippen molar-refractivity contribution in [2.24, 2.45) is 0 Å². The second kappa shape index (κ2) is 7.62. The van der Waals surface area contributed by atoms with E-state index in [0.29, 0.717) is 17.1 Å². The number of aromatic nitrogens is 1. The first kappa shape index (κ1) is 17.9. The van der Waals surface area contributed by atoms with Gasteiger partial charge in [-0.25, -0.2) is 4.98 Å². The highest BCUT2D eigenvalue weighted by molar-refractivity contribution is 7.10. The summed E-state index contributed by atoms with van der Waals surface area (Å²) in [5, 5.41) is 13.8. The second-order valence-electron chi connectivity index (χ2n) is 6.28. The molecule has 0 fully saturated rings. The Labute approximate surface area is 165 Å². The number of hydrogen-bond donors (Lipinski definition) is 0. The average molecular weight is 388 g/mol. The zero-order valence-corrected chi connectivity index (χ0v) is 15.8. The molecule has 0 saturated carbocycles. The van der Waals surface area contributed by atoms with E-state index in [9.17, 15) is 10.1 Å². The van der Waals surface area contributed by atoms with Gasteiger partial charge in [0.15, 0.2) is 0 Å². The van der Waals surface area contributed by atoms with E-state index < -0.39 is 4.92 Å². The molecule has 6 heteroatoms. The highest BCUT2D eigenvalue weighted by Gasteiger charge is 2.10. The zero-order valence-electron chi connectivity index (χ0n) is 15.0. The van der Waals surface area contributed by atoms with Crippen molar-refractivity contribution in [1.29, 1.82) is 0 Å². The van der Waals surface area contributed by atoms with Gasteiger partial charge in [-0.1, -0.05) is 42.0 Å². The summed E-state index contributed by atoms with van der Waals surface area (Å²) in [6.45, 7) is 2.06. The number of thiazole rings is 1. The van der Waals surface area contributed by atoms with Crippen molar-refractivity contribution in [2.75, 3.05) is 0 Å². The number of nitro benzene ring substituents is 1. The quantitative estimate of drug-likeness (QED) is 0.291. The molecule has 0 aliphatic carbocycles. The van der Waals surface area contributed by atoms with Crippen LogP contribution in [-0.4, -0.2) is 9.91 Å². The molecule has 2 aromatic carbocycles. The van der Waals surface area contributed by atoms with Crippen LogP contribution < -0.4 is 0 Å². The normalized spacial score (nSPS) is 11.2. The third-order valence-electron chi connectivity index (χ3n) is 4.23. The number of hydrogen-bond acceptors (Lipinski definition) is 5. The van der Waals surface area contributed by atoms with Gasteiger partial charge in [0.05, 0.1) is 10.6 Å². The molecule has 0 saturated heterocycles. The molecule has 0 amide bonds. The topological polar surface area (TPSA) is 69.2 Å². The van der Waals surface area contributed by atoms with Crippen LogP contribution in [0.4, 0.5) is 5.69 Å². The van der Waals surface area contributed by atoms with Crippen molar-refractivity contribution in [1.82, 2.24) is 4.98 Å². The predicted molar refractivity (Wildman–Crippen MR) is 112 cm³/mol. The smallest absolute Gasteiger partial charge is 0.270 e. The minimum Gasteiger partial charge on any atom is -0.457 e. The van der Waals surface area contributed by atoms with Gasteiger partial charge in [-0.15, -0.1) is 11.3 Å². The van der Waals surface area contributed by atoms with E-state index in [0.717, 1.165) is 16.3 Å². The highest BCUT2D eigenvalue weighted by atomic mass is 32.1. The summed E-state index contributed by atoms with van der Waals surface area (Å²) < 4.78 is 5.80. The van der Waals surface area contributed by atoms with Crippen LogP contribution in [0.1, 0.15) is 16.3 Å². The van der Waals surface area contributed by atoms with E-state index in [4.69, 9.17) is 4.42 Å². The van der Waals surface area contributed by atoms with Gasteiger partial charge >= 0.3 is 0 Å². The summed E-state index contributed by atoms with van der Waals surface area (Å²) in [7, 11) is 0. The zero-order chi connectivity index (χ0) is 19.5. The summed E-state index contributed by atoms with van der Waals surface area (Å²) in [5.41, 5.74) is 3.97. The molecule has 2 heterocycles. The van der Waals surface area contributed by atoms with Gasteiger partial charge in [0.1, 0.15) is 16.5 Å². The molecular weight excluding hydrogens is 372 g/mol. The second-order valence-corrected chi connectivity index (χ2v) is 7.17. The van der Waals surface area contributed by atoms with Crippen LogP contribution in [0.15, 0.2) is 70.5 Å². The molecule has 0 aliphatic rings. The van der Waals surface area contributed by atoms with Gasteiger partial charge in [0.2, 0.25) is 0 Å². The Kier molecular flexibility index (Phi) is 4.87. The van der Waals surface area contributed by atoms with Crippen molar-refractivity contribution in [2.45, 2.75) is 6.92 Å². The molecule has 0 radical (unpaired) electrons. The Bertz CT molecular complexity index is 1160. The fourth-order valence-electron chi connectivity index (χ4n) is 2.74. The maximum absolute atomic E-state index is 10.9. The van der Waals surface area contributed by atoms with Crippen molar-refractivity contribution in [3.8, 4) is 22.6 Å². The summed E-state index contributed by atoms with van der Waals surface area (Å²) in [6, 6.07) is 18.3. The Balaban J connectivity index is 1.51. The minimum absolute atomic E-state index is 0.0393. The number of furan rings is 1. The maximum atomic E-state index is 10.9. The molecule has 0 aliphatic heterocycles. The van der Waals surface area contributed by atoms with E-state index in [1.54, 1.807) is 29.5 Å². The Hall–Kier alpha value is -3.51. The number of nitro groups is 1.